The van der Waals surface area contributed by atoms with E-state index in [1.54, 1.807) is 24.3 Å². The smallest absolute Gasteiger partial charge is 0.312 e. The van der Waals surface area contributed by atoms with E-state index in [4.69, 9.17) is 9.84 Å². The number of anilines is 1. The van der Waals surface area contributed by atoms with Crippen molar-refractivity contribution in [3.8, 4) is 17.2 Å². The van der Waals surface area contributed by atoms with Crippen molar-refractivity contribution in [2.24, 2.45) is 0 Å². The molecule has 6 heteroatoms. The van der Waals surface area contributed by atoms with Crippen LogP contribution in [0.4, 0.5) is 5.69 Å². The highest BCUT2D eigenvalue weighted by Crippen LogP contribution is 2.39. The summed E-state index contributed by atoms with van der Waals surface area (Å²) in [6.07, 6.45) is 2.04. The molecule has 3 rings (SSSR count). The lowest BCUT2D eigenvalue weighted by atomic mass is 10.0. The van der Waals surface area contributed by atoms with E-state index < -0.39 is 18.3 Å². The van der Waals surface area contributed by atoms with Gasteiger partial charge in [0.1, 0.15) is 23.7 Å². The number of benzene rings is 2. The van der Waals surface area contributed by atoms with Crippen molar-refractivity contribution >= 4 is 17.6 Å². The van der Waals surface area contributed by atoms with E-state index >= 15 is 0 Å². The number of fused-ring (bicyclic) bond motifs is 1. The zero-order valence-corrected chi connectivity index (χ0v) is 15.4. The van der Waals surface area contributed by atoms with E-state index in [1.165, 1.54) is 0 Å². The number of rotatable bonds is 6. The molecule has 0 saturated heterocycles. The van der Waals surface area contributed by atoms with Gasteiger partial charge in [-0.3, -0.25) is 9.59 Å². The molecule has 6 nitrogen and oxygen atoms in total. The Kier molecular flexibility index (Phi) is 5.35. The van der Waals surface area contributed by atoms with Crippen LogP contribution in [0.25, 0.3) is 0 Å². The van der Waals surface area contributed by atoms with Gasteiger partial charge in [-0.15, -0.1) is 0 Å². The molecule has 0 radical (unpaired) electrons. The van der Waals surface area contributed by atoms with Crippen LogP contribution in [0.1, 0.15) is 49.3 Å². The molecular weight excluding hydrogens is 346 g/mol. The predicted molar refractivity (Wildman–Crippen MR) is 102 cm³/mol. The summed E-state index contributed by atoms with van der Waals surface area (Å²) in [6, 6.07) is 8.74. The van der Waals surface area contributed by atoms with Crippen LogP contribution in [-0.2, 0) is 22.4 Å². The topological polar surface area (TPSA) is 95.9 Å². The van der Waals surface area contributed by atoms with Gasteiger partial charge in [-0.25, -0.2) is 0 Å². The summed E-state index contributed by atoms with van der Waals surface area (Å²) < 4.78 is 6.07. The molecule has 0 heterocycles. The Bertz CT molecular complexity index is 888. The Labute approximate surface area is 157 Å². The monoisotopic (exact) mass is 369 g/mol. The lowest BCUT2D eigenvalue weighted by Crippen LogP contribution is -2.17. The summed E-state index contributed by atoms with van der Waals surface area (Å²) >= 11 is 0. The Morgan fingerprint density at radius 2 is 1.89 bits per heavy atom. The molecule has 27 heavy (non-hydrogen) atoms. The first-order valence-corrected chi connectivity index (χ1v) is 9.02. The van der Waals surface area contributed by atoms with Crippen molar-refractivity contribution in [3.05, 3.63) is 47.0 Å². The highest BCUT2D eigenvalue weighted by atomic mass is 16.5. The number of nitrogens with one attached hydrogen (secondary N) is 1. The van der Waals surface area contributed by atoms with Gasteiger partial charge in [0, 0.05) is 16.8 Å². The lowest BCUT2D eigenvalue weighted by molar-refractivity contribution is -0.139. The van der Waals surface area contributed by atoms with Crippen molar-refractivity contribution in [3.63, 3.8) is 0 Å². The van der Waals surface area contributed by atoms with Crippen molar-refractivity contribution in [1.29, 1.82) is 0 Å². The van der Waals surface area contributed by atoms with Gasteiger partial charge < -0.3 is 20.3 Å². The molecule has 0 saturated carbocycles. The third-order valence-corrected chi connectivity index (χ3v) is 4.68. The molecule has 142 valence electrons. The Morgan fingerprint density at radius 1 is 1.15 bits per heavy atom. The second-order valence-corrected chi connectivity index (χ2v) is 7.02. The molecule has 1 amide bonds. The highest BCUT2D eigenvalue weighted by molar-refractivity contribution is 6.01. The second kappa shape index (κ2) is 7.70. The number of hydrogen-bond acceptors (Lipinski definition) is 4. The summed E-state index contributed by atoms with van der Waals surface area (Å²) in [5.74, 6) is 0.0975. The standard InChI is InChI=1S/C21H23NO5/c1-12(2)16-10-13(6-8-18(16)23)27-19-9-7-17(14-4-3-5-15(14)19)22-20(24)11-21(25)26/h6-10,12,23H,3-5,11H2,1-2H3,(H,22,24)(H,25,26). The van der Waals surface area contributed by atoms with E-state index in [2.05, 4.69) is 5.32 Å². The molecule has 0 atom stereocenters. The number of phenols is 1. The summed E-state index contributed by atoms with van der Waals surface area (Å²) in [6.45, 7) is 4.01. The van der Waals surface area contributed by atoms with E-state index in [-0.39, 0.29) is 11.7 Å². The molecule has 0 aliphatic heterocycles. The summed E-state index contributed by atoms with van der Waals surface area (Å²) in [4.78, 5) is 22.5. The van der Waals surface area contributed by atoms with Crippen LogP contribution in [0.3, 0.4) is 0 Å². The molecule has 0 spiro atoms. The molecule has 1 aliphatic rings. The molecule has 0 bridgehead atoms. The van der Waals surface area contributed by atoms with Crippen molar-refractivity contribution in [2.45, 2.75) is 45.4 Å². The second-order valence-electron chi connectivity index (χ2n) is 7.02. The summed E-state index contributed by atoms with van der Waals surface area (Å²) in [5, 5.41) is 21.4. The maximum atomic E-state index is 11.8. The number of hydrogen-bond donors (Lipinski definition) is 3. The molecule has 3 N–H and O–H groups in total. The van der Waals surface area contributed by atoms with E-state index in [9.17, 15) is 14.7 Å². The van der Waals surface area contributed by atoms with Gasteiger partial charge >= 0.3 is 5.97 Å². The molecule has 0 aromatic heterocycles. The third-order valence-electron chi connectivity index (χ3n) is 4.68. The first-order chi connectivity index (χ1) is 12.8. The lowest BCUT2D eigenvalue weighted by Gasteiger charge is -2.16. The van der Waals surface area contributed by atoms with Gasteiger partial charge in [-0.05, 0) is 61.1 Å². The fourth-order valence-electron chi connectivity index (χ4n) is 3.40. The number of phenolic OH excluding ortho intramolecular Hbond substituents is 1. The molecule has 0 fully saturated rings. The number of carbonyl (C=O) groups is 2. The van der Waals surface area contributed by atoms with Crippen LogP contribution in [0, 0.1) is 0 Å². The molecular formula is C21H23NO5. The molecule has 2 aromatic rings. The van der Waals surface area contributed by atoms with Gasteiger partial charge in [0.15, 0.2) is 0 Å². The van der Waals surface area contributed by atoms with Crippen molar-refractivity contribution in [2.75, 3.05) is 5.32 Å². The van der Waals surface area contributed by atoms with Gasteiger partial charge in [0.25, 0.3) is 0 Å². The number of aliphatic carboxylic acids is 1. The van der Waals surface area contributed by atoms with Crippen LogP contribution < -0.4 is 10.1 Å². The average molecular weight is 369 g/mol. The van der Waals surface area contributed by atoms with Crippen molar-refractivity contribution < 1.29 is 24.5 Å². The number of ether oxygens (including phenoxy) is 1. The van der Waals surface area contributed by atoms with Crippen LogP contribution in [-0.4, -0.2) is 22.1 Å². The van der Waals surface area contributed by atoms with Crippen molar-refractivity contribution in [1.82, 2.24) is 0 Å². The quantitative estimate of drug-likeness (QED) is 0.663. The minimum Gasteiger partial charge on any atom is -0.508 e. The third kappa shape index (κ3) is 4.22. The van der Waals surface area contributed by atoms with Crippen LogP contribution in [0.2, 0.25) is 0 Å². The minimum absolute atomic E-state index is 0.172. The van der Waals surface area contributed by atoms with Gasteiger partial charge in [0.2, 0.25) is 5.91 Å². The molecule has 0 unspecified atom stereocenters. The largest absolute Gasteiger partial charge is 0.508 e. The Morgan fingerprint density at radius 3 is 2.59 bits per heavy atom. The number of aromatic hydroxyl groups is 1. The van der Waals surface area contributed by atoms with E-state index in [1.807, 2.05) is 19.9 Å². The maximum absolute atomic E-state index is 11.8. The normalized spacial score (nSPS) is 12.7. The number of carboxylic acid groups (broad SMARTS) is 1. The van der Waals surface area contributed by atoms with E-state index in [0.29, 0.717) is 11.4 Å². The maximum Gasteiger partial charge on any atom is 0.312 e. The molecule has 1 aliphatic carbocycles. The Hall–Kier alpha value is -3.02. The average Bonchev–Trinajstić information content (AvgIpc) is 3.08. The highest BCUT2D eigenvalue weighted by Gasteiger charge is 2.22. The zero-order chi connectivity index (χ0) is 19.6. The first kappa shape index (κ1) is 18.8. The fourth-order valence-corrected chi connectivity index (χ4v) is 3.40. The van der Waals surface area contributed by atoms with E-state index in [0.717, 1.165) is 41.7 Å². The van der Waals surface area contributed by atoms with Gasteiger partial charge in [0.05, 0.1) is 0 Å². The first-order valence-electron chi connectivity index (χ1n) is 9.02. The SMILES string of the molecule is CC(C)c1cc(Oc2ccc(NC(=O)CC(=O)O)c3c2CCC3)ccc1O. The number of amides is 1. The molecule has 2 aromatic carbocycles. The Balaban J connectivity index is 1.86. The fraction of sp³-hybridized carbons (Fsp3) is 0.333. The number of carboxylic acids is 1. The summed E-state index contributed by atoms with van der Waals surface area (Å²) in [7, 11) is 0. The van der Waals surface area contributed by atoms with Crippen LogP contribution in [0.5, 0.6) is 17.2 Å². The summed E-state index contributed by atoms with van der Waals surface area (Å²) in [5.41, 5.74) is 3.49. The minimum atomic E-state index is -1.16. The van der Waals surface area contributed by atoms with Gasteiger partial charge in [-0.2, -0.15) is 0 Å². The zero-order valence-electron chi connectivity index (χ0n) is 15.4. The van der Waals surface area contributed by atoms with Crippen LogP contribution >= 0.6 is 0 Å². The van der Waals surface area contributed by atoms with Gasteiger partial charge in [-0.1, -0.05) is 13.8 Å². The predicted octanol–water partition coefficient (Wildman–Crippen LogP) is 4.21. The van der Waals surface area contributed by atoms with Crippen LogP contribution in [0.15, 0.2) is 30.3 Å². The number of carbonyl (C=O) groups excluding carboxylic acids is 1.